The predicted molar refractivity (Wildman–Crippen MR) is 73.2 cm³/mol. The Labute approximate surface area is 115 Å². The van der Waals surface area contributed by atoms with Crippen LogP contribution >= 0.6 is 11.3 Å². The first-order valence-electron chi connectivity index (χ1n) is 6.11. The number of nitrogens with zero attached hydrogens (tertiary/aromatic N) is 4. The number of aromatic nitrogens is 4. The molecule has 2 aromatic rings. The van der Waals surface area contributed by atoms with Crippen LogP contribution in [0.5, 0.6) is 0 Å². The average Bonchev–Trinajstić information content (AvgIpc) is 2.85. The van der Waals surface area contributed by atoms with Crippen LogP contribution in [0.25, 0.3) is 4.96 Å². The van der Waals surface area contributed by atoms with Crippen molar-refractivity contribution in [1.29, 1.82) is 0 Å². The van der Waals surface area contributed by atoms with Crippen LogP contribution < -0.4 is 10.6 Å². The number of carbonyl (C=O) groups excluding carboxylic acids is 1. The molecule has 0 fully saturated rings. The van der Waals surface area contributed by atoms with Crippen LogP contribution in [-0.2, 0) is 6.42 Å². The van der Waals surface area contributed by atoms with Gasteiger partial charge >= 0.3 is 6.03 Å². The Hall–Kier alpha value is -1.70. The molecule has 2 rings (SSSR count). The summed E-state index contributed by atoms with van der Waals surface area (Å²) < 4.78 is 1.64. The van der Waals surface area contributed by atoms with Gasteiger partial charge in [-0.25, -0.2) is 4.79 Å². The van der Waals surface area contributed by atoms with Crippen LogP contribution in [0.2, 0.25) is 0 Å². The van der Waals surface area contributed by atoms with E-state index in [2.05, 4.69) is 46.7 Å². The largest absolute Gasteiger partial charge is 0.338 e. The van der Waals surface area contributed by atoms with Crippen molar-refractivity contribution in [2.75, 3.05) is 13.1 Å². The fourth-order valence-corrected chi connectivity index (χ4v) is 2.21. The van der Waals surface area contributed by atoms with Crippen LogP contribution in [0.1, 0.15) is 25.8 Å². The molecule has 0 atom stereocenters. The summed E-state index contributed by atoms with van der Waals surface area (Å²) in [7, 11) is 0. The number of rotatable bonds is 4. The van der Waals surface area contributed by atoms with E-state index in [0.717, 1.165) is 9.97 Å². The van der Waals surface area contributed by atoms with Gasteiger partial charge in [0.15, 0.2) is 0 Å². The van der Waals surface area contributed by atoms with Crippen molar-refractivity contribution in [3.63, 3.8) is 0 Å². The Morgan fingerprint density at radius 3 is 2.89 bits per heavy atom. The molecule has 7 nitrogen and oxygen atoms in total. The molecule has 104 valence electrons. The molecule has 0 aliphatic rings. The number of nitrogens with one attached hydrogen (secondary N) is 2. The molecule has 0 aliphatic carbocycles. The van der Waals surface area contributed by atoms with E-state index in [1.165, 1.54) is 11.3 Å². The summed E-state index contributed by atoms with van der Waals surface area (Å²) in [6.45, 7) is 7.43. The first kappa shape index (κ1) is 13.7. The zero-order valence-electron chi connectivity index (χ0n) is 11.3. The van der Waals surface area contributed by atoms with Gasteiger partial charge in [0.1, 0.15) is 11.3 Å². The van der Waals surface area contributed by atoms with Gasteiger partial charge in [-0.15, -0.1) is 10.2 Å². The molecule has 8 heteroatoms. The molecule has 0 aliphatic heterocycles. The lowest BCUT2D eigenvalue weighted by atomic mass is 9.97. The Bertz CT molecular complexity index is 526. The summed E-state index contributed by atoms with van der Waals surface area (Å²) in [5.41, 5.74) is 0.0882. The Morgan fingerprint density at radius 2 is 2.21 bits per heavy atom. The van der Waals surface area contributed by atoms with Gasteiger partial charge in [-0.1, -0.05) is 32.1 Å². The first-order valence-corrected chi connectivity index (χ1v) is 6.93. The van der Waals surface area contributed by atoms with E-state index >= 15 is 0 Å². The maximum atomic E-state index is 11.5. The number of urea groups is 1. The Kier molecular flexibility index (Phi) is 3.98. The quantitative estimate of drug-likeness (QED) is 0.878. The highest BCUT2D eigenvalue weighted by Gasteiger charge is 2.11. The van der Waals surface area contributed by atoms with E-state index in [4.69, 9.17) is 0 Å². The normalized spacial score (nSPS) is 11.7. The molecule has 0 radical (unpaired) electrons. The minimum absolute atomic E-state index is 0.0882. The van der Waals surface area contributed by atoms with E-state index in [-0.39, 0.29) is 11.4 Å². The van der Waals surface area contributed by atoms with Crippen molar-refractivity contribution in [3.8, 4) is 0 Å². The van der Waals surface area contributed by atoms with Crippen LogP contribution in [0.4, 0.5) is 4.79 Å². The molecule has 2 amide bonds. The zero-order valence-corrected chi connectivity index (χ0v) is 12.1. The maximum Gasteiger partial charge on any atom is 0.314 e. The summed E-state index contributed by atoms with van der Waals surface area (Å²) in [6.07, 6.45) is 2.26. The van der Waals surface area contributed by atoms with Crippen molar-refractivity contribution in [1.82, 2.24) is 30.4 Å². The molecule has 2 aromatic heterocycles. The van der Waals surface area contributed by atoms with Crippen LogP contribution in [0.15, 0.2) is 6.33 Å². The minimum atomic E-state index is -0.141. The molecule has 0 spiro atoms. The number of carbonyl (C=O) groups is 1. The summed E-state index contributed by atoms with van der Waals surface area (Å²) in [5.74, 6) is 0. The molecular formula is C11H18N6OS. The standard InChI is InChI=1S/C11H18N6OS/c1-11(2,3)6-13-9(18)12-5-4-8-16-17-7-14-15-10(17)19-8/h7H,4-6H2,1-3H3,(H2,12,13,18). The van der Waals surface area contributed by atoms with Crippen molar-refractivity contribution < 1.29 is 4.79 Å². The van der Waals surface area contributed by atoms with Crippen molar-refractivity contribution in [2.24, 2.45) is 5.41 Å². The second-order valence-corrected chi connectivity index (χ2v) is 6.51. The van der Waals surface area contributed by atoms with E-state index in [0.29, 0.717) is 19.5 Å². The third-order valence-electron chi connectivity index (χ3n) is 2.33. The fourth-order valence-electron chi connectivity index (χ4n) is 1.39. The van der Waals surface area contributed by atoms with Gasteiger partial charge < -0.3 is 10.6 Å². The summed E-state index contributed by atoms with van der Waals surface area (Å²) in [4.78, 5) is 12.3. The lowest BCUT2D eigenvalue weighted by molar-refractivity contribution is 0.235. The van der Waals surface area contributed by atoms with Gasteiger partial charge in [0, 0.05) is 19.5 Å². The third kappa shape index (κ3) is 4.16. The van der Waals surface area contributed by atoms with Gasteiger partial charge in [0.25, 0.3) is 0 Å². The topological polar surface area (TPSA) is 84.2 Å². The molecular weight excluding hydrogens is 264 g/mol. The van der Waals surface area contributed by atoms with Crippen LogP contribution in [0.3, 0.4) is 0 Å². The number of amides is 2. The predicted octanol–water partition coefficient (Wildman–Crippen LogP) is 1.07. The van der Waals surface area contributed by atoms with E-state index < -0.39 is 0 Å². The molecule has 0 unspecified atom stereocenters. The van der Waals surface area contributed by atoms with Gasteiger partial charge in [0.05, 0.1) is 0 Å². The number of fused-ring (bicyclic) bond motifs is 1. The Morgan fingerprint density at radius 1 is 1.42 bits per heavy atom. The molecule has 2 heterocycles. The monoisotopic (exact) mass is 282 g/mol. The van der Waals surface area contributed by atoms with E-state index in [1.54, 1.807) is 10.8 Å². The highest BCUT2D eigenvalue weighted by atomic mass is 32.1. The van der Waals surface area contributed by atoms with E-state index in [9.17, 15) is 4.79 Å². The molecule has 0 aromatic carbocycles. The molecule has 2 N–H and O–H groups in total. The van der Waals surface area contributed by atoms with Gasteiger partial charge in [-0.3, -0.25) is 0 Å². The van der Waals surface area contributed by atoms with Crippen molar-refractivity contribution in [3.05, 3.63) is 11.3 Å². The summed E-state index contributed by atoms with van der Waals surface area (Å²) in [6, 6.07) is -0.141. The SMILES string of the molecule is CC(C)(C)CNC(=O)NCCc1nn2cnnc2s1. The molecule has 0 saturated carbocycles. The third-order valence-corrected chi connectivity index (χ3v) is 3.31. The smallest absolute Gasteiger partial charge is 0.314 e. The van der Waals surface area contributed by atoms with E-state index in [1.807, 2.05) is 0 Å². The first-order chi connectivity index (χ1) is 8.94. The summed E-state index contributed by atoms with van der Waals surface area (Å²) >= 11 is 1.48. The number of hydrogen-bond acceptors (Lipinski definition) is 5. The highest BCUT2D eigenvalue weighted by Crippen LogP contribution is 2.11. The average molecular weight is 282 g/mol. The molecule has 19 heavy (non-hydrogen) atoms. The second-order valence-electron chi connectivity index (χ2n) is 5.47. The molecule has 0 saturated heterocycles. The van der Waals surface area contributed by atoms with Crippen LogP contribution in [-0.4, -0.2) is 38.9 Å². The lowest BCUT2D eigenvalue weighted by Crippen LogP contribution is -2.40. The minimum Gasteiger partial charge on any atom is -0.338 e. The molecule has 0 bridgehead atoms. The van der Waals surface area contributed by atoms with Gasteiger partial charge in [0.2, 0.25) is 4.96 Å². The maximum absolute atomic E-state index is 11.5. The summed E-state index contributed by atoms with van der Waals surface area (Å²) in [5, 5.41) is 18.5. The van der Waals surface area contributed by atoms with Crippen molar-refractivity contribution >= 4 is 22.3 Å². The van der Waals surface area contributed by atoms with Gasteiger partial charge in [-0.2, -0.15) is 9.61 Å². The van der Waals surface area contributed by atoms with Crippen molar-refractivity contribution in [2.45, 2.75) is 27.2 Å². The second kappa shape index (κ2) is 5.52. The Balaban J connectivity index is 1.71. The zero-order chi connectivity index (χ0) is 13.9. The van der Waals surface area contributed by atoms with Gasteiger partial charge in [-0.05, 0) is 5.41 Å². The highest BCUT2D eigenvalue weighted by molar-refractivity contribution is 7.16. The lowest BCUT2D eigenvalue weighted by Gasteiger charge is -2.18. The fraction of sp³-hybridized carbons (Fsp3) is 0.636. The number of hydrogen-bond donors (Lipinski definition) is 2. The van der Waals surface area contributed by atoms with Crippen LogP contribution in [0, 0.1) is 5.41 Å².